The Morgan fingerprint density at radius 3 is 2.26 bits per heavy atom. The molecule has 0 saturated carbocycles. The highest BCUT2D eigenvalue weighted by molar-refractivity contribution is 9.14. The van der Waals surface area contributed by atoms with Crippen LogP contribution in [0.1, 0.15) is 5.56 Å². The molecule has 0 heterocycles. The van der Waals surface area contributed by atoms with Gasteiger partial charge in [-0.1, -0.05) is 48.5 Å². The minimum absolute atomic E-state index is 0.449. The van der Waals surface area contributed by atoms with Crippen molar-refractivity contribution in [2.45, 2.75) is 0 Å². The predicted molar refractivity (Wildman–Crippen MR) is 107 cm³/mol. The Kier molecular flexibility index (Phi) is 9.48. The van der Waals surface area contributed by atoms with E-state index in [1.807, 2.05) is 36.4 Å². The molecule has 2 aromatic rings. The van der Waals surface area contributed by atoms with Crippen molar-refractivity contribution < 1.29 is 9.53 Å². The van der Waals surface area contributed by atoms with Crippen LogP contribution < -0.4 is 4.74 Å². The fourth-order valence-corrected chi connectivity index (χ4v) is 2.87. The molecule has 2 nitrogen and oxygen atoms in total. The molecule has 23 heavy (non-hydrogen) atoms. The first-order valence-electron chi connectivity index (χ1n) is 6.29. The molecule has 0 aliphatic carbocycles. The summed E-state index contributed by atoms with van der Waals surface area (Å²) >= 11 is 15.3. The minimum Gasteiger partial charge on any atom is -0.422 e. The average molecular weight is 523 g/mol. The summed E-state index contributed by atoms with van der Waals surface area (Å²) in [6.45, 7) is 3.32. The second-order valence-electron chi connectivity index (χ2n) is 4.00. The first-order chi connectivity index (χ1) is 11.0. The summed E-state index contributed by atoms with van der Waals surface area (Å²) < 4.78 is 7.33. The first kappa shape index (κ1) is 20.2. The molecule has 2 rings (SSSR count). The van der Waals surface area contributed by atoms with Gasteiger partial charge in [-0.05, 0) is 71.6 Å². The normalized spacial score (nSPS) is 9.91. The van der Waals surface area contributed by atoms with Crippen molar-refractivity contribution in [2.75, 3.05) is 0 Å². The third-order valence-electron chi connectivity index (χ3n) is 2.43. The van der Waals surface area contributed by atoms with Crippen LogP contribution in [0.5, 0.6) is 5.75 Å². The number of carbonyl (C=O) groups is 1. The van der Waals surface area contributed by atoms with Crippen molar-refractivity contribution in [2.24, 2.45) is 0 Å². The third kappa shape index (κ3) is 7.04. The number of rotatable bonds is 3. The van der Waals surface area contributed by atoms with E-state index in [-0.39, 0.29) is 0 Å². The van der Waals surface area contributed by atoms with Crippen LogP contribution >= 0.6 is 59.4 Å². The maximum Gasteiger partial charge on any atom is 0.335 e. The number of benzene rings is 2. The van der Waals surface area contributed by atoms with Crippen LogP contribution in [-0.2, 0) is 4.79 Å². The number of halogens is 4. The molecule has 0 bridgehead atoms. The largest absolute Gasteiger partial charge is 0.422 e. The number of hydrogen-bond acceptors (Lipinski definition) is 2. The van der Waals surface area contributed by atoms with Gasteiger partial charge in [-0.15, -0.1) is 0 Å². The highest BCUT2D eigenvalue weighted by Crippen LogP contribution is 2.37. The predicted octanol–water partition coefficient (Wildman–Crippen LogP) is 6.96. The molecular formula is C17H12Br3ClO2. The van der Waals surface area contributed by atoms with Gasteiger partial charge >= 0.3 is 5.97 Å². The van der Waals surface area contributed by atoms with E-state index in [2.05, 4.69) is 54.4 Å². The minimum atomic E-state index is -0.486. The van der Waals surface area contributed by atoms with Crippen molar-refractivity contribution in [3.63, 3.8) is 0 Å². The topological polar surface area (TPSA) is 26.3 Å². The molecule has 0 atom stereocenters. The van der Waals surface area contributed by atoms with E-state index in [4.69, 9.17) is 16.3 Å². The molecule has 120 valence electrons. The lowest BCUT2D eigenvalue weighted by atomic mass is 10.2. The molecule has 0 aliphatic heterocycles. The van der Waals surface area contributed by atoms with Gasteiger partial charge in [0, 0.05) is 20.6 Å². The van der Waals surface area contributed by atoms with Crippen molar-refractivity contribution in [1.82, 2.24) is 0 Å². The zero-order chi connectivity index (χ0) is 17.2. The summed E-state index contributed by atoms with van der Waals surface area (Å²) in [4.78, 5) is 10.9. The van der Waals surface area contributed by atoms with Crippen LogP contribution in [0.15, 0.2) is 74.1 Å². The quantitative estimate of drug-likeness (QED) is 0.188. The summed E-state index contributed by atoms with van der Waals surface area (Å²) in [5, 5.41) is 0. The molecule has 0 aromatic heterocycles. The zero-order valence-electron chi connectivity index (χ0n) is 11.8. The summed E-state index contributed by atoms with van der Waals surface area (Å²) in [5.74, 6) is -0.0371. The van der Waals surface area contributed by atoms with Gasteiger partial charge in [-0.25, -0.2) is 4.79 Å². The number of hydrogen-bond donors (Lipinski definition) is 0. The van der Waals surface area contributed by atoms with Crippen LogP contribution in [0, 0.1) is 0 Å². The zero-order valence-corrected chi connectivity index (χ0v) is 17.3. The van der Waals surface area contributed by atoms with Crippen LogP contribution in [0.3, 0.4) is 0 Å². The molecule has 0 saturated heterocycles. The van der Waals surface area contributed by atoms with Gasteiger partial charge in [0.1, 0.15) is 5.75 Å². The van der Waals surface area contributed by atoms with Crippen molar-refractivity contribution in [3.8, 4) is 5.75 Å². The molecule has 6 heteroatoms. The summed E-state index contributed by atoms with van der Waals surface area (Å²) in [7, 11) is 0. The van der Waals surface area contributed by atoms with E-state index in [1.165, 1.54) is 5.54 Å². The first-order valence-corrected chi connectivity index (χ1v) is 9.10. The molecule has 0 spiro atoms. The lowest BCUT2D eigenvalue weighted by Gasteiger charge is -2.06. The second-order valence-corrected chi connectivity index (χ2v) is 6.69. The van der Waals surface area contributed by atoms with E-state index < -0.39 is 5.97 Å². The van der Waals surface area contributed by atoms with Gasteiger partial charge < -0.3 is 4.74 Å². The Bertz CT molecular complexity index is 700. The summed E-state index contributed by atoms with van der Waals surface area (Å²) in [6, 6.07) is 13.4. The second kappa shape index (κ2) is 10.8. The lowest BCUT2D eigenvalue weighted by Crippen LogP contribution is -2.03. The number of carbonyl (C=O) groups excluding carboxylic acids is 1. The van der Waals surface area contributed by atoms with Crippen molar-refractivity contribution >= 4 is 71.4 Å². The van der Waals surface area contributed by atoms with E-state index in [1.54, 1.807) is 12.1 Å². The van der Waals surface area contributed by atoms with Crippen LogP contribution in [-0.4, -0.2) is 5.97 Å². The third-order valence-corrected chi connectivity index (χ3v) is 5.89. The van der Waals surface area contributed by atoms with Crippen LogP contribution in [0.4, 0.5) is 0 Å². The van der Waals surface area contributed by atoms with Crippen molar-refractivity contribution in [1.29, 1.82) is 0 Å². The lowest BCUT2D eigenvalue weighted by molar-refractivity contribution is -0.129. The fourth-order valence-electron chi connectivity index (χ4n) is 1.37. The smallest absolute Gasteiger partial charge is 0.335 e. The Morgan fingerprint density at radius 2 is 1.70 bits per heavy atom. The average Bonchev–Trinajstić information content (AvgIpc) is 2.57. The fraction of sp³-hybridized carbons (Fsp3) is 0. The van der Waals surface area contributed by atoms with Gasteiger partial charge in [-0.3, -0.25) is 0 Å². The molecule has 0 fully saturated rings. The van der Waals surface area contributed by atoms with Crippen molar-refractivity contribution in [3.05, 3.63) is 79.6 Å². The summed E-state index contributed by atoms with van der Waals surface area (Å²) in [5.41, 5.74) is 2.64. The van der Waals surface area contributed by atoms with Gasteiger partial charge in [0.05, 0.1) is 4.47 Å². The molecule has 0 amide bonds. The molecule has 0 N–H and O–H groups in total. The molecule has 0 radical (unpaired) electrons. The van der Waals surface area contributed by atoms with E-state index >= 15 is 0 Å². The Morgan fingerprint density at radius 1 is 1.04 bits per heavy atom. The van der Waals surface area contributed by atoms with Crippen LogP contribution in [0.2, 0.25) is 0 Å². The van der Waals surface area contributed by atoms with E-state index in [9.17, 15) is 4.79 Å². The number of esters is 1. The van der Waals surface area contributed by atoms with E-state index in [0.717, 1.165) is 20.6 Å². The Hall–Kier alpha value is -0.880. The van der Waals surface area contributed by atoms with Gasteiger partial charge in [0.2, 0.25) is 0 Å². The highest BCUT2D eigenvalue weighted by atomic mass is 79.9. The molecular weight excluding hydrogens is 511 g/mol. The van der Waals surface area contributed by atoms with Gasteiger partial charge in [0.15, 0.2) is 0 Å². The van der Waals surface area contributed by atoms with Gasteiger partial charge in [-0.2, -0.15) is 0 Å². The van der Waals surface area contributed by atoms with Crippen LogP contribution in [0.25, 0.3) is 6.08 Å². The number of ether oxygens (including phenoxy) is 1. The molecule has 2 aromatic carbocycles. The maximum atomic E-state index is 10.9. The SMILES string of the molecule is C=CC(=O)Oc1ccc(Br)c(Br)c1Br.ClC=Cc1ccccc1. The maximum absolute atomic E-state index is 10.9. The Balaban J connectivity index is 0.000000253. The highest BCUT2D eigenvalue weighted by Gasteiger charge is 2.10. The monoisotopic (exact) mass is 520 g/mol. The van der Waals surface area contributed by atoms with Gasteiger partial charge in [0.25, 0.3) is 0 Å². The standard InChI is InChI=1S/C9H5Br3O2.C8H7Cl/c1-2-7(13)14-6-4-3-5(10)8(11)9(6)12;9-7-6-8-4-2-1-3-5-8/h2-4H,1H2;1-7H. The van der Waals surface area contributed by atoms with E-state index in [0.29, 0.717) is 10.2 Å². The summed E-state index contributed by atoms with van der Waals surface area (Å²) in [6.07, 6.45) is 2.96. The molecule has 0 aliphatic rings. The molecule has 0 unspecified atom stereocenters. The Labute approximate surface area is 165 Å².